The average Bonchev–Trinajstić information content (AvgIpc) is 3.01. The molecule has 3 aromatic rings. The molecule has 1 aliphatic carbocycles. The van der Waals surface area contributed by atoms with Gasteiger partial charge in [0, 0.05) is 40.2 Å². The number of nitrogens with one attached hydrogen (secondary N) is 1. The summed E-state index contributed by atoms with van der Waals surface area (Å²) in [6.07, 6.45) is 4.21. The van der Waals surface area contributed by atoms with Crippen LogP contribution in [-0.2, 0) is 22.6 Å². The van der Waals surface area contributed by atoms with Crippen molar-refractivity contribution in [3.05, 3.63) is 66.1 Å². The monoisotopic (exact) mass is 433 g/mol. The van der Waals surface area contributed by atoms with Gasteiger partial charge >= 0.3 is 6.47 Å². The second-order valence-corrected chi connectivity index (χ2v) is 8.68. The van der Waals surface area contributed by atoms with Crippen LogP contribution in [0.4, 0.5) is 11.4 Å². The third-order valence-electron chi connectivity index (χ3n) is 5.53. The minimum atomic E-state index is -0.499. The summed E-state index contributed by atoms with van der Waals surface area (Å²) in [6.45, 7) is 4.36. The molecular weight excluding hydrogens is 408 g/mol. The van der Waals surface area contributed by atoms with Gasteiger partial charge < -0.3 is 15.6 Å². The van der Waals surface area contributed by atoms with Crippen molar-refractivity contribution in [2.24, 2.45) is 11.1 Å². The number of anilines is 2. The molecule has 8 heteroatoms. The Kier molecular flexibility index (Phi) is 5.52. The fraction of sp³-hybridized carbons (Fsp3) is 0.250. The van der Waals surface area contributed by atoms with Crippen molar-refractivity contribution in [3.8, 4) is 11.3 Å². The smallest absolute Gasteiger partial charge is 0.368 e. The van der Waals surface area contributed by atoms with Gasteiger partial charge in [0.25, 0.3) is 0 Å². The van der Waals surface area contributed by atoms with E-state index in [9.17, 15) is 14.4 Å². The molecule has 0 aliphatic heterocycles. The van der Waals surface area contributed by atoms with Crippen LogP contribution in [0.5, 0.6) is 0 Å². The van der Waals surface area contributed by atoms with Crippen LogP contribution in [0.15, 0.2) is 54.9 Å². The van der Waals surface area contributed by atoms with E-state index in [0.717, 1.165) is 16.9 Å². The number of benzene rings is 1. The molecule has 0 atom stereocenters. The highest BCUT2D eigenvalue weighted by molar-refractivity contribution is 6.08. The minimum absolute atomic E-state index is 0.0226. The van der Waals surface area contributed by atoms with Crippen LogP contribution in [0.1, 0.15) is 36.3 Å². The van der Waals surface area contributed by atoms with Crippen molar-refractivity contribution in [2.75, 3.05) is 5.32 Å². The molecule has 0 saturated heterocycles. The van der Waals surface area contributed by atoms with E-state index in [1.165, 1.54) is 4.73 Å². The maximum absolute atomic E-state index is 13.3. The zero-order valence-electron chi connectivity index (χ0n) is 18.0. The first kappa shape index (κ1) is 21.3. The number of amides is 1. The molecule has 8 nitrogen and oxygen atoms in total. The average molecular weight is 433 g/mol. The third kappa shape index (κ3) is 4.12. The number of rotatable bonds is 7. The van der Waals surface area contributed by atoms with Crippen molar-refractivity contribution >= 4 is 29.5 Å². The molecular formula is C24H25N4O4+. The number of nitrogens with two attached hydrogens (primary N) is 1. The zero-order chi connectivity index (χ0) is 22.9. The summed E-state index contributed by atoms with van der Waals surface area (Å²) in [5.74, 6) is -0.476. The van der Waals surface area contributed by atoms with E-state index in [1.54, 1.807) is 24.5 Å². The number of hydrogen-bond acceptors (Lipinski definition) is 5. The Hall–Kier alpha value is -3.94. The Morgan fingerprint density at radius 2 is 1.88 bits per heavy atom. The Morgan fingerprint density at radius 3 is 2.50 bits per heavy atom. The molecule has 2 heterocycles. The largest absolute Gasteiger partial charge is 0.369 e. The molecule has 0 fully saturated rings. The number of Topliss-reactive ketones (excluding diaryl/α,β-unsaturated/α-hetero) is 1. The van der Waals surface area contributed by atoms with E-state index >= 15 is 0 Å². The summed E-state index contributed by atoms with van der Waals surface area (Å²) in [6, 6.07) is 13.1. The van der Waals surface area contributed by atoms with Crippen LogP contribution in [0.25, 0.3) is 11.3 Å². The lowest BCUT2D eigenvalue weighted by atomic mass is 9.76. The molecule has 0 bridgehead atoms. The molecule has 3 N–H and O–H groups in total. The molecule has 2 aromatic heterocycles. The number of ketones is 1. The predicted octanol–water partition coefficient (Wildman–Crippen LogP) is 2.41. The number of pyridine rings is 1. The van der Waals surface area contributed by atoms with Gasteiger partial charge in [-0.1, -0.05) is 32.0 Å². The van der Waals surface area contributed by atoms with Gasteiger partial charge in [0.15, 0.2) is 5.78 Å². The summed E-state index contributed by atoms with van der Waals surface area (Å²) in [5, 5.41) is 3.40. The Labute approximate surface area is 185 Å². The molecule has 164 valence electrons. The van der Waals surface area contributed by atoms with Gasteiger partial charge in [0.05, 0.1) is 16.9 Å². The van der Waals surface area contributed by atoms with Gasteiger partial charge in [-0.2, -0.15) is 4.84 Å². The van der Waals surface area contributed by atoms with E-state index in [4.69, 9.17) is 10.6 Å². The number of carbonyl (C=O) groups excluding carboxylic acids is 3. The van der Waals surface area contributed by atoms with Gasteiger partial charge in [0.2, 0.25) is 18.3 Å². The molecule has 1 aromatic carbocycles. The van der Waals surface area contributed by atoms with Gasteiger partial charge in [-0.3, -0.25) is 9.59 Å². The molecule has 32 heavy (non-hydrogen) atoms. The van der Waals surface area contributed by atoms with E-state index in [1.807, 2.05) is 48.7 Å². The Bertz CT molecular complexity index is 1180. The van der Waals surface area contributed by atoms with Crippen molar-refractivity contribution in [1.82, 2.24) is 4.57 Å². The highest BCUT2D eigenvalue weighted by Gasteiger charge is 2.38. The molecule has 1 aliphatic rings. The highest BCUT2D eigenvalue weighted by Crippen LogP contribution is 2.45. The SMILES string of the molecule is CC1(C)CC(=O)c2c(Nc3ccccc3)c(-c3cc[n+](OC=O)cc3)n(CC(N)=O)c2C1. The van der Waals surface area contributed by atoms with E-state index in [2.05, 4.69) is 5.32 Å². The molecule has 1 amide bonds. The molecule has 0 radical (unpaired) electrons. The molecule has 4 rings (SSSR count). The van der Waals surface area contributed by atoms with Crippen LogP contribution in [0, 0.1) is 5.41 Å². The van der Waals surface area contributed by atoms with Crippen molar-refractivity contribution in [2.45, 2.75) is 33.2 Å². The third-order valence-corrected chi connectivity index (χ3v) is 5.53. The van der Waals surface area contributed by atoms with E-state index in [-0.39, 0.29) is 17.7 Å². The maximum Gasteiger partial charge on any atom is 0.369 e. The van der Waals surface area contributed by atoms with Crippen molar-refractivity contribution in [1.29, 1.82) is 0 Å². The Balaban J connectivity index is 1.97. The number of aromatic nitrogens is 2. The lowest BCUT2D eigenvalue weighted by molar-refractivity contribution is -0.867. The number of carbonyl (C=O) groups is 3. The van der Waals surface area contributed by atoms with Crippen molar-refractivity contribution < 1.29 is 24.0 Å². The zero-order valence-corrected chi connectivity index (χ0v) is 18.0. The van der Waals surface area contributed by atoms with E-state index in [0.29, 0.717) is 36.3 Å². The highest BCUT2D eigenvalue weighted by atomic mass is 16.7. The fourth-order valence-corrected chi connectivity index (χ4v) is 4.30. The lowest BCUT2D eigenvalue weighted by Crippen LogP contribution is -2.40. The number of nitrogens with zero attached hydrogens (tertiary/aromatic N) is 2. The van der Waals surface area contributed by atoms with Crippen LogP contribution in [0.3, 0.4) is 0 Å². The van der Waals surface area contributed by atoms with Gasteiger partial charge in [-0.25, -0.2) is 4.79 Å². The first-order valence-corrected chi connectivity index (χ1v) is 10.3. The van der Waals surface area contributed by atoms with Crippen molar-refractivity contribution in [3.63, 3.8) is 0 Å². The number of hydrogen-bond donors (Lipinski definition) is 2. The quantitative estimate of drug-likeness (QED) is 0.440. The van der Waals surface area contributed by atoms with E-state index < -0.39 is 5.91 Å². The minimum Gasteiger partial charge on any atom is -0.368 e. The van der Waals surface area contributed by atoms with Gasteiger partial charge in [-0.05, 0) is 24.0 Å². The summed E-state index contributed by atoms with van der Waals surface area (Å²) < 4.78 is 3.10. The summed E-state index contributed by atoms with van der Waals surface area (Å²) in [7, 11) is 0. The summed E-state index contributed by atoms with van der Waals surface area (Å²) >= 11 is 0. The first-order chi connectivity index (χ1) is 15.3. The second-order valence-electron chi connectivity index (χ2n) is 8.68. The molecule has 0 unspecified atom stereocenters. The Morgan fingerprint density at radius 1 is 1.19 bits per heavy atom. The molecule has 0 spiro atoms. The fourth-order valence-electron chi connectivity index (χ4n) is 4.30. The van der Waals surface area contributed by atoms with Crippen LogP contribution in [-0.4, -0.2) is 22.7 Å². The van der Waals surface area contributed by atoms with Crippen LogP contribution in [0.2, 0.25) is 0 Å². The lowest BCUT2D eigenvalue weighted by Gasteiger charge is -2.29. The summed E-state index contributed by atoms with van der Waals surface area (Å²) in [4.78, 5) is 40.8. The number of fused-ring (bicyclic) bond motifs is 1. The standard InChI is InChI=1S/C24H24N4O4/c1-24(2)12-18-21(19(30)13-24)22(26-17-6-4-3-5-7-17)23(28(18)14-20(25)31)16-8-10-27(11-9-16)32-15-29/h3-11,15H,12-14H2,1-2H3,(H2,25,31)/p+1. The predicted molar refractivity (Wildman–Crippen MR) is 118 cm³/mol. The second kappa shape index (κ2) is 8.30. The topological polar surface area (TPSA) is 107 Å². The van der Waals surface area contributed by atoms with Gasteiger partial charge in [0.1, 0.15) is 6.54 Å². The maximum atomic E-state index is 13.3. The first-order valence-electron chi connectivity index (χ1n) is 10.3. The summed E-state index contributed by atoms with van der Waals surface area (Å²) in [5.41, 5.74) is 9.63. The van der Waals surface area contributed by atoms with Crippen LogP contribution >= 0.6 is 0 Å². The van der Waals surface area contributed by atoms with Crippen LogP contribution < -0.4 is 20.6 Å². The van der Waals surface area contributed by atoms with Gasteiger partial charge in [-0.15, -0.1) is 0 Å². The number of primary amides is 1. The normalized spacial score (nSPS) is 14.5. The molecule has 0 saturated carbocycles. The number of para-hydroxylation sites is 1.